The van der Waals surface area contributed by atoms with Crippen LogP contribution >= 0.6 is 0 Å². The van der Waals surface area contributed by atoms with Gasteiger partial charge in [0.2, 0.25) is 0 Å². The molecule has 5 nitrogen and oxygen atoms in total. The maximum absolute atomic E-state index is 12.7. The molecule has 0 radical (unpaired) electrons. The van der Waals surface area contributed by atoms with E-state index in [2.05, 4.69) is 36.1 Å². The molecule has 2 aromatic carbocycles. The Balaban J connectivity index is 1.73. The number of piperidine rings is 1. The first-order valence-corrected chi connectivity index (χ1v) is 9.60. The topological polar surface area (TPSA) is 58.8 Å². The van der Waals surface area contributed by atoms with E-state index in [1.165, 1.54) is 5.69 Å². The van der Waals surface area contributed by atoms with Crippen molar-refractivity contribution in [2.45, 2.75) is 38.8 Å². The number of rotatable bonds is 5. The van der Waals surface area contributed by atoms with E-state index in [9.17, 15) is 4.79 Å². The Morgan fingerprint density at radius 1 is 1.11 bits per heavy atom. The molecule has 1 fully saturated rings. The lowest BCUT2D eigenvalue weighted by Crippen LogP contribution is -2.55. The molecular weight excluding hydrogens is 338 g/mol. The molecule has 1 aliphatic rings. The number of carbonyl (C=O) groups is 1. The normalized spacial score (nSPS) is 16.0. The Morgan fingerprint density at radius 3 is 2.33 bits per heavy atom. The SMILES string of the molecule is CCOC(=O)N(Cc1ccccc1)C1(C)CCN(c2ccc(N)cc2)CC1. The molecule has 0 saturated carbocycles. The number of ether oxygens (including phenoxy) is 1. The summed E-state index contributed by atoms with van der Waals surface area (Å²) in [7, 11) is 0. The highest BCUT2D eigenvalue weighted by atomic mass is 16.6. The van der Waals surface area contributed by atoms with Crippen molar-refractivity contribution in [1.82, 2.24) is 4.90 Å². The summed E-state index contributed by atoms with van der Waals surface area (Å²) in [5.41, 5.74) is 8.64. The van der Waals surface area contributed by atoms with Gasteiger partial charge in [-0.05, 0) is 56.5 Å². The van der Waals surface area contributed by atoms with Crippen LogP contribution in [0.1, 0.15) is 32.3 Å². The predicted molar refractivity (Wildman–Crippen MR) is 110 cm³/mol. The molecule has 1 saturated heterocycles. The molecule has 0 spiro atoms. The molecule has 1 heterocycles. The van der Waals surface area contributed by atoms with Gasteiger partial charge in [-0.2, -0.15) is 0 Å². The molecule has 27 heavy (non-hydrogen) atoms. The predicted octanol–water partition coefficient (Wildman–Crippen LogP) is 4.29. The van der Waals surface area contributed by atoms with Gasteiger partial charge in [0.25, 0.3) is 0 Å². The molecule has 144 valence electrons. The van der Waals surface area contributed by atoms with Crippen molar-refractivity contribution < 1.29 is 9.53 Å². The second-order valence-electron chi connectivity index (χ2n) is 7.35. The molecule has 0 unspecified atom stereocenters. The maximum atomic E-state index is 12.7. The minimum atomic E-state index is -0.232. The number of nitrogens with zero attached hydrogens (tertiary/aromatic N) is 2. The van der Waals surface area contributed by atoms with E-state index in [-0.39, 0.29) is 11.6 Å². The van der Waals surface area contributed by atoms with Crippen LogP contribution in [0.25, 0.3) is 0 Å². The summed E-state index contributed by atoms with van der Waals surface area (Å²) in [6, 6.07) is 18.1. The summed E-state index contributed by atoms with van der Waals surface area (Å²) >= 11 is 0. The molecule has 1 amide bonds. The number of anilines is 2. The molecule has 5 heteroatoms. The number of benzene rings is 2. The van der Waals surface area contributed by atoms with Crippen LogP contribution < -0.4 is 10.6 Å². The second-order valence-corrected chi connectivity index (χ2v) is 7.35. The van der Waals surface area contributed by atoms with Crippen LogP contribution in [-0.2, 0) is 11.3 Å². The number of nitrogen functional groups attached to an aromatic ring is 1. The van der Waals surface area contributed by atoms with Crippen molar-refractivity contribution in [3.63, 3.8) is 0 Å². The van der Waals surface area contributed by atoms with E-state index in [1.54, 1.807) is 0 Å². The average Bonchev–Trinajstić information content (AvgIpc) is 2.68. The summed E-state index contributed by atoms with van der Waals surface area (Å²) in [5.74, 6) is 0. The average molecular weight is 367 g/mol. The third-order valence-electron chi connectivity index (χ3n) is 5.42. The molecule has 0 atom stereocenters. The van der Waals surface area contributed by atoms with Crippen molar-refractivity contribution in [3.05, 3.63) is 60.2 Å². The highest BCUT2D eigenvalue weighted by Crippen LogP contribution is 2.33. The molecule has 3 rings (SSSR count). The summed E-state index contributed by atoms with van der Waals surface area (Å²) in [6.45, 7) is 6.77. The quantitative estimate of drug-likeness (QED) is 0.801. The van der Waals surface area contributed by atoms with Gasteiger partial charge in [0.05, 0.1) is 6.61 Å². The Kier molecular flexibility index (Phi) is 5.89. The van der Waals surface area contributed by atoms with Crippen LogP contribution in [-0.4, -0.2) is 36.2 Å². The lowest BCUT2D eigenvalue weighted by atomic mass is 9.87. The first kappa shape index (κ1) is 19.1. The Labute approximate surface area is 161 Å². The van der Waals surface area contributed by atoms with Crippen LogP contribution in [0.2, 0.25) is 0 Å². The number of hydrogen-bond acceptors (Lipinski definition) is 4. The zero-order chi connectivity index (χ0) is 19.3. The second kappa shape index (κ2) is 8.33. The summed E-state index contributed by atoms with van der Waals surface area (Å²) in [6.07, 6.45) is 1.55. The van der Waals surface area contributed by atoms with Crippen LogP contribution in [0.3, 0.4) is 0 Å². The number of carbonyl (C=O) groups excluding carboxylic acids is 1. The molecule has 0 aliphatic carbocycles. The Bertz CT molecular complexity index is 738. The summed E-state index contributed by atoms with van der Waals surface area (Å²) in [5, 5.41) is 0. The van der Waals surface area contributed by atoms with Gasteiger partial charge in [0.1, 0.15) is 0 Å². The van der Waals surface area contributed by atoms with Gasteiger partial charge >= 0.3 is 6.09 Å². The van der Waals surface area contributed by atoms with Crippen LogP contribution in [0, 0.1) is 0 Å². The van der Waals surface area contributed by atoms with Crippen LogP contribution in [0.15, 0.2) is 54.6 Å². The van der Waals surface area contributed by atoms with Gasteiger partial charge in [-0.15, -0.1) is 0 Å². The minimum absolute atomic E-state index is 0.230. The molecule has 2 N–H and O–H groups in total. The fourth-order valence-electron chi connectivity index (χ4n) is 3.64. The van der Waals surface area contributed by atoms with Gasteiger partial charge in [0, 0.05) is 36.5 Å². The number of nitrogens with two attached hydrogens (primary N) is 1. The van der Waals surface area contributed by atoms with Gasteiger partial charge < -0.3 is 15.4 Å². The van der Waals surface area contributed by atoms with Gasteiger partial charge in [-0.3, -0.25) is 4.90 Å². The Morgan fingerprint density at radius 2 is 1.74 bits per heavy atom. The minimum Gasteiger partial charge on any atom is -0.450 e. The van der Waals surface area contributed by atoms with Gasteiger partial charge in [-0.1, -0.05) is 30.3 Å². The monoisotopic (exact) mass is 367 g/mol. The van der Waals surface area contributed by atoms with Crippen molar-refractivity contribution in [2.75, 3.05) is 30.3 Å². The molecule has 1 aliphatic heterocycles. The van der Waals surface area contributed by atoms with E-state index in [0.29, 0.717) is 13.2 Å². The van der Waals surface area contributed by atoms with Crippen molar-refractivity contribution in [2.24, 2.45) is 0 Å². The third-order valence-corrected chi connectivity index (χ3v) is 5.42. The number of hydrogen-bond donors (Lipinski definition) is 1. The largest absolute Gasteiger partial charge is 0.450 e. The fourth-order valence-corrected chi connectivity index (χ4v) is 3.64. The summed E-state index contributed by atoms with van der Waals surface area (Å²) < 4.78 is 5.38. The summed E-state index contributed by atoms with van der Waals surface area (Å²) in [4.78, 5) is 17.0. The Hall–Kier alpha value is -2.69. The van der Waals surface area contributed by atoms with E-state index in [0.717, 1.165) is 37.2 Å². The van der Waals surface area contributed by atoms with E-state index < -0.39 is 0 Å². The highest BCUT2D eigenvalue weighted by Gasteiger charge is 2.39. The maximum Gasteiger partial charge on any atom is 0.410 e. The van der Waals surface area contributed by atoms with Crippen LogP contribution in [0.5, 0.6) is 0 Å². The molecule has 0 bridgehead atoms. The van der Waals surface area contributed by atoms with E-state index >= 15 is 0 Å². The zero-order valence-electron chi connectivity index (χ0n) is 16.2. The van der Waals surface area contributed by atoms with Crippen LogP contribution in [0.4, 0.5) is 16.2 Å². The van der Waals surface area contributed by atoms with E-state index in [4.69, 9.17) is 10.5 Å². The highest BCUT2D eigenvalue weighted by molar-refractivity contribution is 5.69. The van der Waals surface area contributed by atoms with Crippen molar-refractivity contribution in [3.8, 4) is 0 Å². The van der Waals surface area contributed by atoms with E-state index in [1.807, 2.05) is 42.2 Å². The third kappa shape index (κ3) is 4.54. The smallest absolute Gasteiger partial charge is 0.410 e. The lowest BCUT2D eigenvalue weighted by Gasteiger charge is -2.46. The van der Waals surface area contributed by atoms with Crippen molar-refractivity contribution in [1.29, 1.82) is 0 Å². The molecule has 2 aromatic rings. The standard InChI is InChI=1S/C22H29N3O2/c1-3-27-21(26)25(17-18-7-5-4-6-8-18)22(2)13-15-24(16-14-22)20-11-9-19(23)10-12-20/h4-12H,3,13-17,23H2,1-2H3. The van der Waals surface area contributed by atoms with Crippen molar-refractivity contribution >= 4 is 17.5 Å². The van der Waals surface area contributed by atoms with Gasteiger partial charge in [0.15, 0.2) is 0 Å². The lowest BCUT2D eigenvalue weighted by molar-refractivity contribution is 0.0422. The zero-order valence-corrected chi connectivity index (χ0v) is 16.2. The molecular formula is C22H29N3O2. The first-order chi connectivity index (χ1) is 13.0. The van der Waals surface area contributed by atoms with Gasteiger partial charge in [-0.25, -0.2) is 4.79 Å². The molecule has 0 aromatic heterocycles. The first-order valence-electron chi connectivity index (χ1n) is 9.60. The number of amides is 1. The fraction of sp³-hybridized carbons (Fsp3) is 0.409.